The molecule has 1 aromatic rings. The van der Waals surface area contributed by atoms with Crippen LogP contribution in [0, 0.1) is 6.92 Å². The molecule has 244 valence electrons. The molecule has 0 spiro atoms. The second-order valence-corrected chi connectivity index (χ2v) is 16.5. The van der Waals surface area contributed by atoms with Gasteiger partial charge in [-0.25, -0.2) is 4.79 Å². The Morgan fingerprint density at radius 3 is 2.42 bits per heavy atom. The largest absolute Gasteiger partial charge is 0.471 e. The number of carbonyl (C=O) groups is 1. The van der Waals surface area contributed by atoms with Crippen LogP contribution in [0.1, 0.15) is 37.5 Å². The molecule has 5 N–H and O–H groups in total. The number of azide groups is 1. The molecule has 0 aromatic carbocycles. The van der Waals surface area contributed by atoms with Gasteiger partial charge in [0.15, 0.2) is 0 Å². The molecule has 1 aromatic heterocycles. The summed E-state index contributed by atoms with van der Waals surface area (Å²) in [4.78, 5) is 76.7. The van der Waals surface area contributed by atoms with Gasteiger partial charge in [0.2, 0.25) is 7.37 Å². The van der Waals surface area contributed by atoms with Crippen molar-refractivity contribution in [2.75, 3.05) is 25.0 Å². The lowest BCUT2D eigenvalue weighted by Crippen LogP contribution is -2.42. The van der Waals surface area contributed by atoms with E-state index in [-0.39, 0.29) is 44.3 Å². The van der Waals surface area contributed by atoms with Gasteiger partial charge in [0.25, 0.3) is 5.56 Å². The van der Waals surface area contributed by atoms with Crippen LogP contribution in [0.25, 0.3) is 10.4 Å². The first-order valence-electron chi connectivity index (χ1n) is 12.3. The first kappa shape index (κ1) is 36.9. The van der Waals surface area contributed by atoms with Crippen LogP contribution < -0.4 is 16.6 Å². The molecule has 2 rings (SSSR count). The van der Waals surface area contributed by atoms with Crippen molar-refractivity contribution in [2.24, 2.45) is 5.11 Å². The second-order valence-electron chi connectivity index (χ2n) is 9.64. The number of halogens is 3. The number of hydrogen-bond donors (Lipinski definition) is 5. The standard InChI is InChI=1S/C19H30F3N6O12P3/c1-12-8-28(18(31)27(16(12)29)6-4-2-3-5-24-17(30)19(20,21)22)15-7-13(25-26-23)14(40-15)9-39-43(37,38)11-41(32,33)10-42(34,35)36/h8,13-15H,2-7,9-11H2,1H3,(H,24,30)(H,32,33)(H,37,38)(H2,34,35,36)/t13-,14+,15?/m0/s1. The van der Waals surface area contributed by atoms with Crippen molar-refractivity contribution in [3.8, 4) is 0 Å². The van der Waals surface area contributed by atoms with Crippen molar-refractivity contribution in [2.45, 2.75) is 63.7 Å². The monoisotopic (exact) mass is 684 g/mol. The van der Waals surface area contributed by atoms with Crippen LogP contribution in [0.5, 0.6) is 0 Å². The van der Waals surface area contributed by atoms with Gasteiger partial charge in [-0.2, -0.15) is 13.2 Å². The van der Waals surface area contributed by atoms with Gasteiger partial charge in [-0.05, 0) is 31.7 Å². The molecular formula is C19H30F3N6O12P3. The highest BCUT2D eigenvalue weighted by atomic mass is 31.3. The molecule has 43 heavy (non-hydrogen) atoms. The van der Waals surface area contributed by atoms with E-state index in [1.54, 1.807) is 5.32 Å². The zero-order valence-corrected chi connectivity index (χ0v) is 25.1. The molecule has 24 heteroatoms. The third-order valence-electron chi connectivity index (χ3n) is 5.93. The topological polar surface area (TPSA) is 272 Å². The number of nitrogens with one attached hydrogen (secondary N) is 1. The summed E-state index contributed by atoms with van der Waals surface area (Å²) < 4.78 is 84.5. The maximum atomic E-state index is 13.1. The molecule has 5 atom stereocenters. The molecule has 0 aliphatic carbocycles. The lowest BCUT2D eigenvalue weighted by Gasteiger charge is -2.21. The van der Waals surface area contributed by atoms with Crippen LogP contribution in [-0.2, 0) is 34.3 Å². The number of amides is 1. The minimum absolute atomic E-state index is 0.101. The molecule has 0 saturated carbocycles. The average molecular weight is 684 g/mol. The minimum Gasteiger partial charge on any atom is -0.352 e. The van der Waals surface area contributed by atoms with E-state index in [2.05, 4.69) is 10.0 Å². The highest BCUT2D eigenvalue weighted by Gasteiger charge is 2.41. The summed E-state index contributed by atoms with van der Waals surface area (Å²) >= 11 is 0. The Morgan fingerprint density at radius 2 is 1.84 bits per heavy atom. The highest BCUT2D eigenvalue weighted by molar-refractivity contribution is 7.79. The summed E-state index contributed by atoms with van der Waals surface area (Å²) in [5, 5.41) is 5.22. The van der Waals surface area contributed by atoms with Gasteiger partial charge >= 0.3 is 33.0 Å². The zero-order valence-electron chi connectivity index (χ0n) is 22.4. The molecule has 0 radical (unpaired) electrons. The molecule has 18 nitrogen and oxygen atoms in total. The van der Waals surface area contributed by atoms with Crippen molar-refractivity contribution < 1.29 is 60.5 Å². The number of aryl methyl sites for hydroxylation is 1. The average Bonchev–Trinajstić information content (AvgIpc) is 3.23. The SMILES string of the molecule is Cc1cn(C2C[C@H](N=[N+]=[N-])[C@@H](COP(=O)(O)CP(=O)(O)CP(=O)(O)O)O2)c(=O)n(CCCCCNC(=O)C(F)(F)F)c1=O. The van der Waals surface area contributed by atoms with Crippen molar-refractivity contribution >= 4 is 28.5 Å². The van der Waals surface area contributed by atoms with Crippen LogP contribution in [0.4, 0.5) is 13.2 Å². The normalized spacial score (nSPS) is 21.9. The number of rotatable bonds is 15. The number of unbranched alkanes of at least 4 members (excludes halogenated alkanes) is 2. The maximum Gasteiger partial charge on any atom is 0.471 e. The van der Waals surface area contributed by atoms with E-state index in [0.29, 0.717) is 0 Å². The number of alkyl halides is 3. The van der Waals surface area contributed by atoms with Crippen molar-refractivity contribution in [3.63, 3.8) is 0 Å². The van der Waals surface area contributed by atoms with E-state index in [1.807, 2.05) is 0 Å². The summed E-state index contributed by atoms with van der Waals surface area (Å²) in [7, 11) is -14.7. The minimum atomic E-state index is -5.01. The molecular weight excluding hydrogens is 654 g/mol. The van der Waals surface area contributed by atoms with Gasteiger partial charge in [-0.3, -0.25) is 32.4 Å². The fraction of sp³-hybridized carbons (Fsp3) is 0.737. The number of ether oxygens (including phenoxy) is 1. The fourth-order valence-corrected chi connectivity index (χ4v) is 10.5. The smallest absolute Gasteiger partial charge is 0.352 e. The predicted molar refractivity (Wildman–Crippen MR) is 141 cm³/mol. The number of nitrogens with zero attached hydrogens (tertiary/aromatic N) is 5. The third-order valence-corrected chi connectivity index (χ3v) is 12.9. The molecule has 1 saturated heterocycles. The Hall–Kier alpha value is -2.30. The summed E-state index contributed by atoms with van der Waals surface area (Å²) in [6.07, 6.45) is -5.86. The Bertz CT molecular complexity index is 1490. The van der Waals surface area contributed by atoms with Gasteiger partial charge in [-0.1, -0.05) is 5.11 Å². The summed E-state index contributed by atoms with van der Waals surface area (Å²) in [5.41, 5.74) is 7.52. The van der Waals surface area contributed by atoms with E-state index < -0.39 is 82.7 Å². The van der Waals surface area contributed by atoms with E-state index >= 15 is 0 Å². The van der Waals surface area contributed by atoms with Gasteiger partial charge in [0, 0.05) is 36.2 Å². The number of carbonyl (C=O) groups excluding carboxylic acids is 1. The van der Waals surface area contributed by atoms with Crippen LogP contribution >= 0.6 is 22.6 Å². The molecule has 3 unspecified atom stereocenters. The summed E-state index contributed by atoms with van der Waals surface area (Å²) in [6.45, 7) is 0.206. The molecule has 1 aliphatic heterocycles. The molecule has 0 bridgehead atoms. The molecule has 1 aliphatic rings. The Morgan fingerprint density at radius 1 is 1.19 bits per heavy atom. The Kier molecular flexibility index (Phi) is 12.6. The van der Waals surface area contributed by atoms with E-state index in [0.717, 1.165) is 9.13 Å². The van der Waals surface area contributed by atoms with E-state index in [4.69, 9.17) is 24.6 Å². The van der Waals surface area contributed by atoms with Crippen molar-refractivity contribution in [3.05, 3.63) is 43.0 Å². The Labute approximate surface area is 240 Å². The lowest BCUT2D eigenvalue weighted by atomic mass is 10.1. The van der Waals surface area contributed by atoms with Crippen molar-refractivity contribution in [1.29, 1.82) is 0 Å². The van der Waals surface area contributed by atoms with Gasteiger partial charge in [-0.15, -0.1) is 0 Å². The summed E-state index contributed by atoms with van der Waals surface area (Å²) in [6, 6.07) is -1.08. The summed E-state index contributed by atoms with van der Waals surface area (Å²) in [5.74, 6) is -5.12. The maximum absolute atomic E-state index is 13.1. The molecule has 1 fully saturated rings. The predicted octanol–water partition coefficient (Wildman–Crippen LogP) is 1.70. The highest BCUT2D eigenvalue weighted by Crippen LogP contribution is 2.63. The van der Waals surface area contributed by atoms with Crippen LogP contribution in [-0.4, -0.2) is 77.9 Å². The lowest BCUT2D eigenvalue weighted by molar-refractivity contribution is -0.173. The van der Waals surface area contributed by atoms with Crippen molar-refractivity contribution in [1.82, 2.24) is 14.5 Å². The Balaban J connectivity index is 2.11. The van der Waals surface area contributed by atoms with Gasteiger partial charge in [0.1, 0.15) is 18.0 Å². The molecule has 2 heterocycles. The first-order valence-corrected chi connectivity index (χ1v) is 17.9. The van der Waals surface area contributed by atoms with Gasteiger partial charge < -0.3 is 34.2 Å². The van der Waals surface area contributed by atoms with Crippen LogP contribution in [0.15, 0.2) is 20.9 Å². The van der Waals surface area contributed by atoms with E-state index in [1.165, 1.54) is 13.1 Å². The van der Waals surface area contributed by atoms with E-state index in [9.17, 15) is 51.0 Å². The van der Waals surface area contributed by atoms with Crippen LogP contribution in [0.3, 0.4) is 0 Å². The zero-order chi connectivity index (χ0) is 32.8. The second kappa shape index (κ2) is 14.7. The quantitative estimate of drug-likeness (QED) is 0.0581. The fourth-order valence-electron chi connectivity index (χ4n) is 4.10. The molecule has 1 amide bonds. The number of hydrogen-bond acceptors (Lipinski definition) is 9. The third kappa shape index (κ3) is 11.6. The first-order chi connectivity index (χ1) is 19.7. The van der Waals surface area contributed by atoms with Crippen LogP contribution in [0.2, 0.25) is 0 Å². The van der Waals surface area contributed by atoms with Gasteiger partial charge in [0.05, 0.1) is 18.8 Å². The number of aromatic nitrogens is 2.